The molecule has 1 aliphatic rings. The number of fused-ring (bicyclic) bond motifs is 1. The second kappa shape index (κ2) is 4.35. The molecule has 0 saturated carbocycles. The van der Waals surface area contributed by atoms with Crippen molar-refractivity contribution in [3.8, 4) is 0 Å². The van der Waals surface area contributed by atoms with E-state index in [1.807, 2.05) is 18.2 Å². The standard InChI is InChI=1S/C12H15N3O2/c13-9-1-2-11-10(7-9)14-12(17-11)8-15-3-5-16-6-4-15/h1-2,7H,3-6,8,13H2. The third kappa shape index (κ3) is 2.25. The molecule has 0 amide bonds. The van der Waals surface area contributed by atoms with Gasteiger partial charge in [0.05, 0.1) is 19.8 Å². The number of morpholine rings is 1. The molecule has 90 valence electrons. The second-order valence-corrected chi connectivity index (χ2v) is 4.22. The Bertz CT molecular complexity index is 517. The molecule has 0 unspecified atom stereocenters. The van der Waals surface area contributed by atoms with Crippen LogP contribution in [0.25, 0.3) is 11.1 Å². The van der Waals surface area contributed by atoms with Gasteiger partial charge in [0, 0.05) is 18.8 Å². The molecule has 0 bridgehead atoms. The van der Waals surface area contributed by atoms with E-state index >= 15 is 0 Å². The maximum Gasteiger partial charge on any atom is 0.209 e. The van der Waals surface area contributed by atoms with E-state index in [0.29, 0.717) is 5.69 Å². The third-order valence-corrected chi connectivity index (χ3v) is 2.92. The average Bonchev–Trinajstić information content (AvgIpc) is 2.71. The van der Waals surface area contributed by atoms with Gasteiger partial charge in [0.1, 0.15) is 5.52 Å². The number of anilines is 1. The first kappa shape index (κ1) is 10.6. The number of nitrogens with two attached hydrogens (primary N) is 1. The van der Waals surface area contributed by atoms with Gasteiger partial charge in [0.25, 0.3) is 0 Å². The Hall–Kier alpha value is -1.59. The first-order valence-corrected chi connectivity index (χ1v) is 5.76. The quantitative estimate of drug-likeness (QED) is 0.791. The largest absolute Gasteiger partial charge is 0.439 e. The number of benzene rings is 1. The van der Waals surface area contributed by atoms with Crippen molar-refractivity contribution in [3.63, 3.8) is 0 Å². The SMILES string of the molecule is Nc1ccc2oc(CN3CCOCC3)nc2c1. The fourth-order valence-electron chi connectivity index (χ4n) is 2.01. The minimum atomic E-state index is 0.712. The Morgan fingerprint density at radius 3 is 2.94 bits per heavy atom. The maximum atomic E-state index is 5.71. The summed E-state index contributed by atoms with van der Waals surface area (Å²) in [5, 5.41) is 0. The van der Waals surface area contributed by atoms with E-state index in [1.165, 1.54) is 0 Å². The van der Waals surface area contributed by atoms with Crippen LogP contribution in [0.5, 0.6) is 0 Å². The number of hydrogen-bond acceptors (Lipinski definition) is 5. The van der Waals surface area contributed by atoms with Gasteiger partial charge >= 0.3 is 0 Å². The van der Waals surface area contributed by atoms with Crippen LogP contribution in [-0.2, 0) is 11.3 Å². The fraction of sp³-hybridized carbons (Fsp3) is 0.417. The van der Waals surface area contributed by atoms with Gasteiger partial charge < -0.3 is 14.9 Å². The lowest BCUT2D eigenvalue weighted by molar-refractivity contribution is 0.0308. The lowest BCUT2D eigenvalue weighted by Gasteiger charge is -2.24. The van der Waals surface area contributed by atoms with Gasteiger partial charge in [0.2, 0.25) is 5.89 Å². The summed E-state index contributed by atoms with van der Waals surface area (Å²) in [6.45, 7) is 4.17. The van der Waals surface area contributed by atoms with Crippen LogP contribution in [0.2, 0.25) is 0 Å². The molecule has 3 rings (SSSR count). The number of oxazole rings is 1. The van der Waals surface area contributed by atoms with Crippen molar-refractivity contribution in [1.29, 1.82) is 0 Å². The molecule has 1 aromatic heterocycles. The van der Waals surface area contributed by atoms with E-state index in [1.54, 1.807) is 0 Å². The molecule has 0 aliphatic carbocycles. The van der Waals surface area contributed by atoms with E-state index in [0.717, 1.165) is 49.8 Å². The monoisotopic (exact) mass is 233 g/mol. The first-order valence-electron chi connectivity index (χ1n) is 5.76. The molecule has 17 heavy (non-hydrogen) atoms. The van der Waals surface area contributed by atoms with Crippen LogP contribution in [0.15, 0.2) is 22.6 Å². The zero-order valence-corrected chi connectivity index (χ0v) is 9.56. The molecule has 5 nitrogen and oxygen atoms in total. The predicted molar refractivity (Wildman–Crippen MR) is 64.5 cm³/mol. The lowest BCUT2D eigenvalue weighted by atomic mass is 10.3. The van der Waals surface area contributed by atoms with Crippen molar-refractivity contribution >= 4 is 16.8 Å². The highest BCUT2D eigenvalue weighted by Gasteiger charge is 2.14. The summed E-state index contributed by atoms with van der Waals surface area (Å²) in [6, 6.07) is 5.52. The highest BCUT2D eigenvalue weighted by Crippen LogP contribution is 2.19. The van der Waals surface area contributed by atoms with Crippen molar-refractivity contribution in [3.05, 3.63) is 24.1 Å². The summed E-state index contributed by atoms with van der Waals surface area (Å²) >= 11 is 0. The molecular formula is C12H15N3O2. The number of nitrogen functional groups attached to an aromatic ring is 1. The summed E-state index contributed by atoms with van der Waals surface area (Å²) in [5.41, 5.74) is 8.04. The Labute approximate surface area is 99.2 Å². The minimum absolute atomic E-state index is 0.712. The van der Waals surface area contributed by atoms with Crippen molar-refractivity contribution in [2.24, 2.45) is 0 Å². The van der Waals surface area contributed by atoms with Crippen LogP contribution in [-0.4, -0.2) is 36.2 Å². The number of aromatic nitrogens is 1. The van der Waals surface area contributed by atoms with Gasteiger partial charge in [-0.1, -0.05) is 0 Å². The van der Waals surface area contributed by atoms with E-state index in [-0.39, 0.29) is 0 Å². The maximum absolute atomic E-state index is 5.71. The van der Waals surface area contributed by atoms with Crippen molar-refractivity contribution < 1.29 is 9.15 Å². The molecule has 1 fully saturated rings. The van der Waals surface area contributed by atoms with Crippen molar-refractivity contribution in [2.45, 2.75) is 6.54 Å². The Morgan fingerprint density at radius 1 is 1.29 bits per heavy atom. The molecule has 0 radical (unpaired) electrons. The predicted octanol–water partition coefficient (Wildman–Crippen LogP) is 1.24. The smallest absolute Gasteiger partial charge is 0.209 e. The van der Waals surface area contributed by atoms with E-state index in [2.05, 4.69) is 9.88 Å². The number of nitrogens with zero attached hydrogens (tertiary/aromatic N) is 2. The molecule has 1 aliphatic heterocycles. The summed E-state index contributed by atoms with van der Waals surface area (Å²) in [7, 11) is 0. The van der Waals surface area contributed by atoms with Gasteiger partial charge in [-0.25, -0.2) is 4.98 Å². The topological polar surface area (TPSA) is 64.5 Å². The normalized spacial score (nSPS) is 17.6. The summed E-state index contributed by atoms with van der Waals surface area (Å²) in [6.07, 6.45) is 0. The third-order valence-electron chi connectivity index (χ3n) is 2.92. The molecule has 5 heteroatoms. The van der Waals surface area contributed by atoms with Crippen LogP contribution < -0.4 is 5.73 Å². The summed E-state index contributed by atoms with van der Waals surface area (Å²) in [5.74, 6) is 0.743. The Kier molecular flexibility index (Phi) is 2.70. The zero-order valence-electron chi connectivity index (χ0n) is 9.56. The van der Waals surface area contributed by atoms with Crippen molar-refractivity contribution in [1.82, 2.24) is 9.88 Å². The van der Waals surface area contributed by atoms with Gasteiger partial charge in [-0.3, -0.25) is 4.90 Å². The molecule has 1 saturated heterocycles. The van der Waals surface area contributed by atoms with Crippen LogP contribution in [0.4, 0.5) is 5.69 Å². The first-order chi connectivity index (χ1) is 8.31. The van der Waals surface area contributed by atoms with Gasteiger partial charge in [-0.05, 0) is 18.2 Å². The van der Waals surface area contributed by atoms with E-state index in [4.69, 9.17) is 14.9 Å². The molecule has 2 N–H and O–H groups in total. The Morgan fingerprint density at radius 2 is 2.12 bits per heavy atom. The van der Waals surface area contributed by atoms with Gasteiger partial charge in [-0.2, -0.15) is 0 Å². The molecule has 2 heterocycles. The van der Waals surface area contributed by atoms with Crippen LogP contribution in [0, 0.1) is 0 Å². The highest BCUT2D eigenvalue weighted by molar-refractivity contribution is 5.76. The van der Waals surface area contributed by atoms with Gasteiger partial charge in [-0.15, -0.1) is 0 Å². The van der Waals surface area contributed by atoms with Gasteiger partial charge in [0.15, 0.2) is 5.58 Å². The van der Waals surface area contributed by atoms with Crippen LogP contribution in [0.3, 0.4) is 0 Å². The highest BCUT2D eigenvalue weighted by atomic mass is 16.5. The zero-order chi connectivity index (χ0) is 11.7. The van der Waals surface area contributed by atoms with E-state index < -0.39 is 0 Å². The fourth-order valence-corrected chi connectivity index (χ4v) is 2.01. The lowest BCUT2D eigenvalue weighted by Crippen LogP contribution is -2.35. The van der Waals surface area contributed by atoms with Crippen molar-refractivity contribution in [2.75, 3.05) is 32.0 Å². The summed E-state index contributed by atoms with van der Waals surface area (Å²) < 4.78 is 11.0. The number of hydrogen-bond donors (Lipinski definition) is 1. The summed E-state index contributed by atoms with van der Waals surface area (Å²) in [4.78, 5) is 6.71. The second-order valence-electron chi connectivity index (χ2n) is 4.22. The molecule has 2 aromatic rings. The number of ether oxygens (including phenoxy) is 1. The van der Waals surface area contributed by atoms with E-state index in [9.17, 15) is 0 Å². The molecular weight excluding hydrogens is 218 g/mol. The van der Waals surface area contributed by atoms with Crippen LogP contribution >= 0.6 is 0 Å². The minimum Gasteiger partial charge on any atom is -0.439 e. The molecule has 1 aromatic carbocycles. The molecule has 0 atom stereocenters. The van der Waals surface area contributed by atoms with Crippen LogP contribution in [0.1, 0.15) is 5.89 Å². The molecule has 0 spiro atoms. The Balaban J connectivity index is 1.80. The average molecular weight is 233 g/mol. The number of rotatable bonds is 2.